The largest absolute Gasteiger partial charge is 0.480 e. The average molecular weight is 378 g/mol. The van der Waals surface area contributed by atoms with E-state index in [9.17, 15) is 14.7 Å². The Morgan fingerprint density at radius 1 is 1.32 bits per heavy atom. The smallest absolute Gasteiger partial charge is 0.326 e. The van der Waals surface area contributed by atoms with Gasteiger partial charge in [0.25, 0.3) is 0 Å². The average Bonchev–Trinajstić information content (AvgIpc) is 2.84. The maximum Gasteiger partial charge on any atom is 0.326 e. The first kappa shape index (κ1) is 18.1. The van der Waals surface area contributed by atoms with Gasteiger partial charge in [0.15, 0.2) is 5.78 Å². The van der Waals surface area contributed by atoms with Crippen LogP contribution in [-0.2, 0) is 11.2 Å². The van der Waals surface area contributed by atoms with Crippen molar-refractivity contribution in [3.63, 3.8) is 0 Å². The number of Topliss-reactive ketones (excluding diaryl/α,β-unsaturated/α-hetero) is 1. The number of halogens is 1. The topological polar surface area (TPSA) is 59.3 Å². The van der Waals surface area contributed by atoms with Crippen LogP contribution < -0.4 is 0 Å². The van der Waals surface area contributed by atoms with Gasteiger partial charge in [0, 0.05) is 32.6 Å². The van der Waals surface area contributed by atoms with E-state index in [1.807, 2.05) is 42.7 Å². The van der Waals surface area contributed by atoms with Gasteiger partial charge in [0.1, 0.15) is 6.04 Å². The van der Waals surface area contributed by atoms with Crippen LogP contribution in [0, 0.1) is 6.92 Å². The molecule has 0 aliphatic heterocycles. The molecule has 1 N–H and O–H groups in total. The van der Waals surface area contributed by atoms with Gasteiger partial charge in [-0.15, -0.1) is 0 Å². The number of hydrogen-bond donors (Lipinski definition) is 1. The highest BCUT2D eigenvalue weighted by Gasteiger charge is 2.32. The number of benzene rings is 1. The zero-order valence-electron chi connectivity index (χ0n) is 14.2. The minimum atomic E-state index is -0.857. The normalized spacial score (nSPS) is 15.1. The van der Waals surface area contributed by atoms with E-state index < -0.39 is 12.0 Å². The molecule has 0 spiro atoms. The molecule has 4 nitrogen and oxygen atoms in total. The van der Waals surface area contributed by atoms with Gasteiger partial charge in [-0.3, -0.25) is 4.79 Å². The van der Waals surface area contributed by atoms with Gasteiger partial charge < -0.3 is 9.67 Å². The fraction of sp³-hybridized carbons (Fsp3) is 0.368. The summed E-state index contributed by atoms with van der Waals surface area (Å²) in [6, 6.07) is 6.82. The van der Waals surface area contributed by atoms with Gasteiger partial charge in [-0.2, -0.15) is 0 Å². The quantitative estimate of drug-likeness (QED) is 0.782. The third kappa shape index (κ3) is 3.35. The van der Waals surface area contributed by atoms with Gasteiger partial charge >= 0.3 is 5.97 Å². The van der Waals surface area contributed by atoms with Crippen molar-refractivity contribution in [2.45, 2.75) is 55.4 Å². The Morgan fingerprint density at radius 3 is 2.60 bits per heavy atom. The van der Waals surface area contributed by atoms with E-state index in [4.69, 9.17) is 11.6 Å². The van der Waals surface area contributed by atoms with E-state index in [0.29, 0.717) is 23.4 Å². The first-order valence-electron chi connectivity index (χ1n) is 8.37. The third-order valence-electron chi connectivity index (χ3n) is 4.61. The van der Waals surface area contributed by atoms with Crippen LogP contribution in [0.5, 0.6) is 0 Å². The van der Waals surface area contributed by atoms with E-state index in [2.05, 4.69) is 0 Å². The number of nitrogens with zero attached hydrogens (tertiary/aromatic N) is 1. The van der Waals surface area contributed by atoms with Crippen molar-refractivity contribution >= 4 is 35.1 Å². The fourth-order valence-electron chi connectivity index (χ4n) is 3.45. The Bertz CT molecular complexity index is 826. The highest BCUT2D eigenvalue weighted by Crippen LogP contribution is 2.41. The zero-order chi connectivity index (χ0) is 18.1. The van der Waals surface area contributed by atoms with E-state index in [-0.39, 0.29) is 5.78 Å². The minimum Gasteiger partial charge on any atom is -0.480 e. The highest BCUT2D eigenvalue weighted by atomic mass is 35.5. The molecule has 2 aromatic rings. The van der Waals surface area contributed by atoms with Crippen LogP contribution in [0.2, 0.25) is 5.02 Å². The Morgan fingerprint density at radius 2 is 2.00 bits per heavy atom. The van der Waals surface area contributed by atoms with Crippen LogP contribution >= 0.6 is 23.4 Å². The van der Waals surface area contributed by atoms with Crippen molar-refractivity contribution in [3.05, 3.63) is 46.2 Å². The molecule has 1 heterocycles. The molecular formula is C19H20ClNO3S. The summed E-state index contributed by atoms with van der Waals surface area (Å²) in [4.78, 5) is 26.2. The number of ketones is 1. The molecule has 0 saturated heterocycles. The first-order valence-corrected chi connectivity index (χ1v) is 9.56. The van der Waals surface area contributed by atoms with Crippen molar-refractivity contribution in [3.8, 4) is 0 Å². The molecule has 1 aromatic heterocycles. The van der Waals surface area contributed by atoms with Gasteiger partial charge in [0.05, 0.1) is 5.56 Å². The molecular weight excluding hydrogens is 358 g/mol. The monoisotopic (exact) mass is 377 g/mol. The van der Waals surface area contributed by atoms with Crippen molar-refractivity contribution < 1.29 is 14.7 Å². The number of carboxylic acids is 1. The lowest BCUT2D eigenvalue weighted by Crippen LogP contribution is -2.23. The van der Waals surface area contributed by atoms with Crippen molar-refractivity contribution in [2.75, 3.05) is 0 Å². The van der Waals surface area contributed by atoms with Crippen molar-refractivity contribution in [2.24, 2.45) is 0 Å². The highest BCUT2D eigenvalue weighted by molar-refractivity contribution is 7.99. The second kappa shape index (κ2) is 7.26. The lowest BCUT2D eigenvalue weighted by molar-refractivity contribution is -0.141. The Hall–Kier alpha value is -1.72. The molecule has 0 fully saturated rings. The summed E-state index contributed by atoms with van der Waals surface area (Å²) in [7, 11) is 0. The standard InChI is InChI=1S/C19H20ClNO3S/c1-3-14(19(23)24)21-11(2)18(17-15(21)5-4-6-16(17)22)25-13-9-7-12(20)8-10-13/h7-10,14H,3-6H2,1-2H3,(H,23,24). The van der Waals surface area contributed by atoms with Gasteiger partial charge in [-0.25, -0.2) is 4.79 Å². The predicted octanol–water partition coefficient (Wildman–Crippen LogP) is 5.16. The summed E-state index contributed by atoms with van der Waals surface area (Å²) in [6.45, 7) is 3.77. The van der Waals surface area contributed by atoms with Crippen LogP contribution in [0.4, 0.5) is 0 Å². The summed E-state index contributed by atoms with van der Waals surface area (Å²) in [6.07, 6.45) is 2.52. The fourth-order valence-corrected chi connectivity index (χ4v) is 4.67. The number of hydrogen-bond acceptors (Lipinski definition) is 3. The minimum absolute atomic E-state index is 0.111. The van der Waals surface area contributed by atoms with Crippen molar-refractivity contribution in [1.29, 1.82) is 0 Å². The number of fused-ring (bicyclic) bond motifs is 1. The van der Waals surface area contributed by atoms with Gasteiger partial charge in [-0.05, 0) is 50.5 Å². The third-order valence-corrected chi connectivity index (χ3v) is 6.07. The molecule has 6 heteroatoms. The predicted molar refractivity (Wildman–Crippen MR) is 99.0 cm³/mol. The molecule has 0 amide bonds. The van der Waals surface area contributed by atoms with Crippen LogP contribution in [0.1, 0.15) is 54.0 Å². The number of rotatable bonds is 5. The van der Waals surface area contributed by atoms with Crippen LogP contribution in [0.25, 0.3) is 0 Å². The van der Waals surface area contributed by atoms with E-state index in [0.717, 1.165) is 34.0 Å². The molecule has 0 saturated carbocycles. The molecule has 0 bridgehead atoms. The maximum atomic E-state index is 12.6. The maximum absolute atomic E-state index is 12.6. The molecule has 1 atom stereocenters. The molecule has 1 aliphatic carbocycles. The summed E-state index contributed by atoms with van der Waals surface area (Å²) in [5, 5.41) is 10.3. The number of carbonyl (C=O) groups is 2. The number of carboxylic acid groups (broad SMARTS) is 1. The summed E-state index contributed by atoms with van der Waals surface area (Å²) < 4.78 is 1.87. The van der Waals surface area contributed by atoms with Crippen LogP contribution in [0.15, 0.2) is 34.1 Å². The number of carbonyl (C=O) groups excluding carboxylic acids is 1. The van der Waals surface area contributed by atoms with Crippen LogP contribution in [0.3, 0.4) is 0 Å². The Labute approximate surface area is 156 Å². The van der Waals surface area contributed by atoms with Crippen molar-refractivity contribution in [1.82, 2.24) is 4.57 Å². The molecule has 1 aromatic carbocycles. The second-order valence-corrected chi connectivity index (χ2v) is 7.72. The van der Waals surface area contributed by atoms with E-state index in [1.54, 1.807) is 0 Å². The summed E-state index contributed by atoms with van der Waals surface area (Å²) in [5.74, 6) is -0.746. The molecule has 132 valence electrons. The SMILES string of the molecule is CCC(C(=O)O)n1c(C)c(Sc2ccc(Cl)cc2)c2c1CCCC2=O. The molecule has 1 unspecified atom stereocenters. The molecule has 1 aliphatic rings. The number of aliphatic carboxylic acids is 1. The van der Waals surface area contributed by atoms with Crippen LogP contribution in [-0.4, -0.2) is 21.4 Å². The summed E-state index contributed by atoms with van der Waals surface area (Å²) in [5.41, 5.74) is 2.44. The number of aromatic nitrogens is 1. The van der Waals surface area contributed by atoms with E-state index >= 15 is 0 Å². The first-order chi connectivity index (χ1) is 11.9. The lowest BCUT2D eigenvalue weighted by atomic mass is 9.96. The molecule has 3 rings (SSSR count). The Kier molecular flexibility index (Phi) is 5.25. The second-order valence-electron chi connectivity index (χ2n) is 6.20. The van der Waals surface area contributed by atoms with E-state index in [1.165, 1.54) is 11.8 Å². The molecule has 25 heavy (non-hydrogen) atoms. The zero-order valence-corrected chi connectivity index (χ0v) is 15.8. The summed E-state index contributed by atoms with van der Waals surface area (Å²) >= 11 is 7.46. The lowest BCUT2D eigenvalue weighted by Gasteiger charge is -2.20. The molecule has 0 radical (unpaired) electrons. The van der Waals surface area contributed by atoms with Gasteiger partial charge in [-0.1, -0.05) is 30.3 Å². The Balaban J connectivity index is 2.14. The van der Waals surface area contributed by atoms with Gasteiger partial charge in [0.2, 0.25) is 0 Å².